The fourth-order valence-electron chi connectivity index (χ4n) is 3.12. The Balaban J connectivity index is 2.02. The van der Waals surface area contributed by atoms with E-state index >= 15 is 0 Å². The molecule has 19 heavy (non-hydrogen) atoms. The van der Waals surface area contributed by atoms with Crippen molar-refractivity contribution in [1.82, 2.24) is 4.98 Å². The highest BCUT2D eigenvalue weighted by atomic mass is 16.3. The van der Waals surface area contributed by atoms with Crippen molar-refractivity contribution in [3.05, 3.63) is 65.0 Å². The van der Waals surface area contributed by atoms with Gasteiger partial charge in [-0.3, -0.25) is 4.98 Å². The molecular weight excluding hydrogens is 234 g/mol. The van der Waals surface area contributed by atoms with Crippen LogP contribution in [0.5, 0.6) is 0 Å². The standard InChI is InChI=1S/C17H19NO/c1-12-5-3-7-14(11-12)17(2,19)15-9-8-13-6-4-10-18-16(13)15/h3-7,10-11,15,19H,8-9H2,1-2H3. The predicted molar refractivity (Wildman–Crippen MR) is 76.0 cm³/mol. The van der Waals surface area contributed by atoms with Crippen molar-refractivity contribution >= 4 is 0 Å². The number of benzene rings is 1. The minimum Gasteiger partial charge on any atom is -0.385 e. The van der Waals surface area contributed by atoms with Gasteiger partial charge in [-0.25, -0.2) is 0 Å². The molecule has 2 atom stereocenters. The molecule has 0 spiro atoms. The smallest absolute Gasteiger partial charge is 0.0952 e. The van der Waals surface area contributed by atoms with Gasteiger partial charge in [0.2, 0.25) is 0 Å². The monoisotopic (exact) mass is 253 g/mol. The Labute approximate surface area is 114 Å². The molecule has 0 bridgehead atoms. The van der Waals surface area contributed by atoms with Crippen molar-refractivity contribution < 1.29 is 5.11 Å². The molecule has 1 heterocycles. The number of fused-ring (bicyclic) bond motifs is 1. The number of hydrogen-bond acceptors (Lipinski definition) is 2. The highest BCUT2D eigenvalue weighted by Gasteiger charge is 2.39. The van der Waals surface area contributed by atoms with Gasteiger partial charge in [0.25, 0.3) is 0 Å². The van der Waals surface area contributed by atoms with E-state index in [9.17, 15) is 5.11 Å². The van der Waals surface area contributed by atoms with Crippen molar-refractivity contribution in [3.63, 3.8) is 0 Å². The van der Waals surface area contributed by atoms with Crippen LogP contribution in [0.3, 0.4) is 0 Å². The summed E-state index contributed by atoms with van der Waals surface area (Å²) in [5.41, 5.74) is 3.65. The molecule has 0 fully saturated rings. The third-order valence-electron chi connectivity index (χ3n) is 4.24. The normalized spacial score (nSPS) is 20.9. The van der Waals surface area contributed by atoms with Crippen LogP contribution in [0, 0.1) is 6.92 Å². The van der Waals surface area contributed by atoms with E-state index in [4.69, 9.17) is 0 Å². The number of nitrogens with zero attached hydrogens (tertiary/aromatic N) is 1. The molecule has 1 N–H and O–H groups in total. The highest BCUT2D eigenvalue weighted by molar-refractivity contribution is 5.36. The van der Waals surface area contributed by atoms with Crippen molar-refractivity contribution in [2.75, 3.05) is 0 Å². The zero-order valence-corrected chi connectivity index (χ0v) is 11.4. The number of hydrogen-bond donors (Lipinski definition) is 1. The van der Waals surface area contributed by atoms with Gasteiger partial charge in [0.05, 0.1) is 5.60 Å². The summed E-state index contributed by atoms with van der Waals surface area (Å²) < 4.78 is 0. The van der Waals surface area contributed by atoms with Gasteiger partial charge in [0.1, 0.15) is 0 Å². The quantitative estimate of drug-likeness (QED) is 0.890. The SMILES string of the molecule is Cc1cccc(C(C)(O)C2CCc3cccnc32)c1. The average Bonchev–Trinajstić information content (AvgIpc) is 2.83. The Morgan fingerprint density at radius 2 is 2.11 bits per heavy atom. The maximum Gasteiger partial charge on any atom is 0.0952 e. The first-order valence-electron chi connectivity index (χ1n) is 6.82. The lowest BCUT2D eigenvalue weighted by Crippen LogP contribution is -2.29. The molecule has 2 nitrogen and oxygen atoms in total. The maximum absolute atomic E-state index is 11.0. The molecule has 1 aliphatic carbocycles. The van der Waals surface area contributed by atoms with E-state index in [1.807, 2.05) is 31.3 Å². The fourth-order valence-corrected chi connectivity index (χ4v) is 3.12. The average molecular weight is 253 g/mol. The second-order valence-electron chi connectivity index (χ2n) is 5.66. The van der Waals surface area contributed by atoms with Crippen LogP contribution in [0.4, 0.5) is 0 Å². The summed E-state index contributed by atoms with van der Waals surface area (Å²) in [5.74, 6) is 0.0884. The molecule has 0 radical (unpaired) electrons. The van der Waals surface area contributed by atoms with Crippen LogP contribution in [-0.4, -0.2) is 10.1 Å². The first-order valence-corrected chi connectivity index (χ1v) is 6.82. The summed E-state index contributed by atoms with van der Waals surface area (Å²) in [6.45, 7) is 3.97. The van der Waals surface area contributed by atoms with E-state index in [0.717, 1.165) is 24.1 Å². The second kappa shape index (κ2) is 4.46. The van der Waals surface area contributed by atoms with Crippen molar-refractivity contribution in [3.8, 4) is 0 Å². The first kappa shape index (κ1) is 12.4. The third kappa shape index (κ3) is 2.06. The van der Waals surface area contributed by atoms with Crippen LogP contribution >= 0.6 is 0 Å². The Morgan fingerprint density at radius 3 is 2.89 bits per heavy atom. The van der Waals surface area contributed by atoms with Gasteiger partial charge in [-0.2, -0.15) is 0 Å². The lowest BCUT2D eigenvalue weighted by atomic mass is 9.81. The van der Waals surface area contributed by atoms with Gasteiger partial charge in [0.15, 0.2) is 0 Å². The van der Waals surface area contributed by atoms with Crippen LogP contribution in [0.2, 0.25) is 0 Å². The highest BCUT2D eigenvalue weighted by Crippen LogP contribution is 2.44. The number of pyridine rings is 1. The molecule has 2 heteroatoms. The number of aromatic nitrogens is 1. The summed E-state index contributed by atoms with van der Waals surface area (Å²) in [5, 5.41) is 11.0. The Bertz CT molecular complexity index is 604. The third-order valence-corrected chi connectivity index (χ3v) is 4.24. The summed E-state index contributed by atoms with van der Waals surface area (Å²) in [6, 6.07) is 12.2. The van der Waals surface area contributed by atoms with Crippen LogP contribution in [-0.2, 0) is 12.0 Å². The summed E-state index contributed by atoms with van der Waals surface area (Å²) in [6.07, 6.45) is 3.80. The Kier molecular flexibility index (Phi) is 2.90. The molecule has 3 rings (SSSR count). The molecule has 0 amide bonds. The number of aryl methyl sites for hydroxylation is 2. The van der Waals surface area contributed by atoms with Crippen LogP contribution < -0.4 is 0 Å². The topological polar surface area (TPSA) is 33.1 Å². The molecule has 0 saturated heterocycles. The Hall–Kier alpha value is -1.67. The van der Waals surface area contributed by atoms with Crippen LogP contribution in [0.15, 0.2) is 42.6 Å². The van der Waals surface area contributed by atoms with Gasteiger partial charge >= 0.3 is 0 Å². The molecule has 1 aromatic carbocycles. The van der Waals surface area contributed by atoms with E-state index in [1.165, 1.54) is 11.1 Å². The first-order chi connectivity index (χ1) is 9.09. The van der Waals surface area contributed by atoms with Crippen LogP contribution in [0.25, 0.3) is 0 Å². The molecule has 2 unspecified atom stereocenters. The lowest BCUT2D eigenvalue weighted by Gasteiger charge is -2.31. The predicted octanol–water partition coefficient (Wildman–Crippen LogP) is 3.33. The zero-order chi connectivity index (χ0) is 13.5. The van der Waals surface area contributed by atoms with E-state index in [2.05, 4.69) is 30.1 Å². The van der Waals surface area contributed by atoms with Crippen LogP contribution in [0.1, 0.15) is 41.6 Å². The minimum atomic E-state index is -0.856. The molecule has 98 valence electrons. The largest absolute Gasteiger partial charge is 0.385 e. The lowest BCUT2D eigenvalue weighted by molar-refractivity contribution is 0.0255. The Morgan fingerprint density at radius 1 is 1.26 bits per heavy atom. The van der Waals surface area contributed by atoms with Gasteiger partial charge < -0.3 is 5.11 Å². The summed E-state index contributed by atoms with van der Waals surface area (Å²) >= 11 is 0. The van der Waals surface area contributed by atoms with Crippen molar-refractivity contribution in [1.29, 1.82) is 0 Å². The minimum absolute atomic E-state index is 0.0884. The van der Waals surface area contributed by atoms with Gasteiger partial charge in [-0.05, 0) is 43.9 Å². The molecule has 2 aromatic rings. The molecular formula is C17H19NO. The summed E-state index contributed by atoms with van der Waals surface area (Å²) in [7, 11) is 0. The van der Waals surface area contributed by atoms with Crippen molar-refractivity contribution in [2.45, 2.75) is 38.2 Å². The van der Waals surface area contributed by atoms with E-state index in [0.29, 0.717) is 0 Å². The van der Waals surface area contributed by atoms with Crippen molar-refractivity contribution in [2.24, 2.45) is 0 Å². The molecule has 0 aliphatic heterocycles. The van der Waals surface area contributed by atoms with Gasteiger partial charge in [-0.1, -0.05) is 35.9 Å². The molecule has 0 saturated carbocycles. The zero-order valence-electron chi connectivity index (χ0n) is 11.4. The van der Waals surface area contributed by atoms with E-state index < -0.39 is 5.60 Å². The summed E-state index contributed by atoms with van der Waals surface area (Å²) in [4.78, 5) is 4.49. The fraction of sp³-hybridized carbons (Fsp3) is 0.353. The maximum atomic E-state index is 11.0. The number of aliphatic hydroxyl groups is 1. The second-order valence-corrected chi connectivity index (χ2v) is 5.66. The van der Waals surface area contributed by atoms with E-state index in [-0.39, 0.29) is 5.92 Å². The molecule has 1 aromatic heterocycles. The number of rotatable bonds is 2. The molecule has 1 aliphatic rings. The van der Waals surface area contributed by atoms with E-state index in [1.54, 1.807) is 0 Å². The van der Waals surface area contributed by atoms with Gasteiger partial charge in [0, 0.05) is 17.8 Å². The van der Waals surface area contributed by atoms with Gasteiger partial charge in [-0.15, -0.1) is 0 Å².